The highest BCUT2D eigenvalue weighted by Crippen LogP contribution is 2.22. The lowest BCUT2D eigenvalue weighted by Crippen LogP contribution is -2.39. The zero-order chi connectivity index (χ0) is 17.8. The highest BCUT2D eigenvalue weighted by molar-refractivity contribution is 7.98. The molecule has 1 N–H and O–H groups in total. The molecule has 0 spiro atoms. The number of imidazole rings is 1. The van der Waals surface area contributed by atoms with Crippen LogP contribution in [0, 0.1) is 5.82 Å². The molecular formula is C17H19FN4O2S. The summed E-state index contributed by atoms with van der Waals surface area (Å²) < 4.78 is 14.8. The lowest BCUT2D eigenvalue weighted by Gasteiger charge is -2.16. The number of likely N-dealkylation sites (tertiary alicyclic amines) is 1. The molecule has 0 atom stereocenters. The molecule has 132 valence electrons. The van der Waals surface area contributed by atoms with Crippen LogP contribution in [0.5, 0.6) is 0 Å². The van der Waals surface area contributed by atoms with Gasteiger partial charge in [0.25, 0.3) is 5.91 Å². The van der Waals surface area contributed by atoms with Crippen LogP contribution in [0.25, 0.3) is 5.69 Å². The van der Waals surface area contributed by atoms with Gasteiger partial charge >= 0.3 is 0 Å². The molecule has 25 heavy (non-hydrogen) atoms. The second kappa shape index (κ2) is 7.69. The van der Waals surface area contributed by atoms with E-state index in [-0.39, 0.29) is 24.2 Å². The van der Waals surface area contributed by atoms with E-state index >= 15 is 0 Å². The van der Waals surface area contributed by atoms with Gasteiger partial charge in [0.15, 0.2) is 5.16 Å². The van der Waals surface area contributed by atoms with Crippen molar-refractivity contribution in [3.8, 4) is 5.69 Å². The number of halogens is 1. The van der Waals surface area contributed by atoms with Gasteiger partial charge in [-0.3, -0.25) is 14.2 Å². The topological polar surface area (TPSA) is 67.2 Å². The predicted molar refractivity (Wildman–Crippen MR) is 93.5 cm³/mol. The van der Waals surface area contributed by atoms with E-state index in [1.54, 1.807) is 21.6 Å². The fraction of sp³-hybridized carbons (Fsp3) is 0.353. The van der Waals surface area contributed by atoms with Gasteiger partial charge < -0.3 is 10.2 Å². The summed E-state index contributed by atoms with van der Waals surface area (Å²) in [5, 5.41) is 3.27. The van der Waals surface area contributed by atoms with E-state index in [1.165, 1.54) is 30.1 Å². The molecule has 1 aliphatic heterocycles. The van der Waals surface area contributed by atoms with Gasteiger partial charge in [-0.15, -0.1) is 0 Å². The van der Waals surface area contributed by atoms with Crippen LogP contribution in [-0.4, -0.2) is 52.2 Å². The Morgan fingerprint density at radius 1 is 1.24 bits per heavy atom. The molecule has 0 aliphatic carbocycles. The van der Waals surface area contributed by atoms with E-state index in [0.29, 0.717) is 16.5 Å². The molecule has 6 nitrogen and oxygen atoms in total. The highest BCUT2D eigenvalue weighted by Gasteiger charge is 2.21. The number of nitrogens with one attached hydrogen (secondary N) is 1. The molecule has 0 bridgehead atoms. The van der Waals surface area contributed by atoms with E-state index < -0.39 is 0 Å². The van der Waals surface area contributed by atoms with Crippen LogP contribution in [-0.2, 0) is 4.79 Å². The Morgan fingerprint density at radius 2 is 1.92 bits per heavy atom. The minimum absolute atomic E-state index is 0.0397. The molecule has 8 heteroatoms. The first-order valence-electron chi connectivity index (χ1n) is 8.04. The molecule has 1 aliphatic rings. The monoisotopic (exact) mass is 362 g/mol. The van der Waals surface area contributed by atoms with Crippen molar-refractivity contribution in [2.75, 3.05) is 25.9 Å². The largest absolute Gasteiger partial charge is 0.342 e. The van der Waals surface area contributed by atoms with Gasteiger partial charge in [-0.05, 0) is 43.4 Å². The van der Waals surface area contributed by atoms with E-state index in [0.717, 1.165) is 25.9 Å². The lowest BCUT2D eigenvalue weighted by molar-refractivity contribution is -0.129. The molecule has 0 unspecified atom stereocenters. The van der Waals surface area contributed by atoms with Gasteiger partial charge in [-0.1, -0.05) is 11.8 Å². The van der Waals surface area contributed by atoms with Crippen LogP contribution in [0.3, 0.4) is 0 Å². The summed E-state index contributed by atoms with van der Waals surface area (Å²) in [6, 6.07) is 5.84. The minimum Gasteiger partial charge on any atom is -0.342 e. The van der Waals surface area contributed by atoms with Crippen molar-refractivity contribution in [2.45, 2.75) is 18.0 Å². The van der Waals surface area contributed by atoms with Gasteiger partial charge in [0.1, 0.15) is 11.5 Å². The summed E-state index contributed by atoms with van der Waals surface area (Å²) in [6.45, 7) is 1.46. The molecule has 1 aromatic carbocycles. The Balaban J connectivity index is 1.77. The Bertz CT molecular complexity index is 769. The summed E-state index contributed by atoms with van der Waals surface area (Å²) in [7, 11) is 0. The molecule has 1 saturated heterocycles. The summed E-state index contributed by atoms with van der Waals surface area (Å²) >= 11 is 1.38. The fourth-order valence-corrected chi connectivity index (χ4v) is 3.35. The number of benzene rings is 1. The molecule has 2 heterocycles. The lowest BCUT2D eigenvalue weighted by atomic mass is 10.3. The molecule has 0 radical (unpaired) electrons. The first-order chi connectivity index (χ1) is 12.1. The minimum atomic E-state index is -0.385. The van der Waals surface area contributed by atoms with Crippen molar-refractivity contribution in [1.29, 1.82) is 0 Å². The zero-order valence-electron chi connectivity index (χ0n) is 13.9. The number of amides is 2. The number of hydrogen-bond acceptors (Lipinski definition) is 4. The van der Waals surface area contributed by atoms with Crippen molar-refractivity contribution in [1.82, 2.24) is 19.8 Å². The normalized spacial score (nSPS) is 13.9. The van der Waals surface area contributed by atoms with Crippen molar-refractivity contribution in [3.63, 3.8) is 0 Å². The fourth-order valence-electron chi connectivity index (χ4n) is 2.80. The van der Waals surface area contributed by atoms with Gasteiger partial charge in [0, 0.05) is 18.8 Å². The summed E-state index contributed by atoms with van der Waals surface area (Å²) in [5.74, 6) is -0.815. The first-order valence-corrected chi connectivity index (χ1v) is 9.26. The summed E-state index contributed by atoms with van der Waals surface area (Å²) in [5.41, 5.74) is 0.949. The maximum Gasteiger partial charge on any atom is 0.270 e. The molecule has 2 amide bonds. The number of hydrogen-bond donors (Lipinski definition) is 1. The van der Waals surface area contributed by atoms with Crippen molar-refractivity contribution in [2.24, 2.45) is 0 Å². The Kier molecular flexibility index (Phi) is 5.37. The number of thioether (sulfide) groups is 1. The van der Waals surface area contributed by atoms with Crippen LogP contribution in [0.15, 0.2) is 35.6 Å². The Hall–Kier alpha value is -2.35. The number of nitrogens with zero attached hydrogens (tertiary/aromatic N) is 3. The van der Waals surface area contributed by atoms with Gasteiger partial charge in [-0.2, -0.15) is 0 Å². The van der Waals surface area contributed by atoms with E-state index in [1.807, 2.05) is 6.26 Å². The Labute approximate surface area is 149 Å². The number of carbonyl (C=O) groups is 2. The molecule has 1 fully saturated rings. The third-order valence-corrected chi connectivity index (χ3v) is 4.74. The molecule has 1 aromatic heterocycles. The van der Waals surface area contributed by atoms with E-state index in [9.17, 15) is 14.0 Å². The smallest absolute Gasteiger partial charge is 0.270 e. The first kappa shape index (κ1) is 17.5. The van der Waals surface area contributed by atoms with Crippen LogP contribution >= 0.6 is 11.8 Å². The Morgan fingerprint density at radius 3 is 2.56 bits per heavy atom. The third kappa shape index (κ3) is 3.84. The number of carbonyl (C=O) groups excluding carboxylic acids is 2. The second-order valence-electron chi connectivity index (χ2n) is 5.71. The van der Waals surface area contributed by atoms with Crippen molar-refractivity contribution in [3.05, 3.63) is 42.0 Å². The molecular weight excluding hydrogens is 343 g/mol. The maximum absolute atomic E-state index is 13.2. The average Bonchev–Trinajstić information content (AvgIpc) is 3.29. The average molecular weight is 362 g/mol. The van der Waals surface area contributed by atoms with Crippen LogP contribution in [0.2, 0.25) is 0 Å². The second-order valence-corrected chi connectivity index (χ2v) is 6.49. The summed E-state index contributed by atoms with van der Waals surface area (Å²) in [4.78, 5) is 30.6. The predicted octanol–water partition coefficient (Wildman–Crippen LogP) is 2.09. The van der Waals surface area contributed by atoms with Crippen LogP contribution in [0.1, 0.15) is 23.3 Å². The van der Waals surface area contributed by atoms with Crippen molar-refractivity contribution < 1.29 is 14.0 Å². The molecule has 0 saturated carbocycles. The maximum atomic E-state index is 13.2. The SMILES string of the molecule is CSc1ncc(C(=O)NCC(=O)N2CCCC2)n1-c1ccc(F)cc1. The summed E-state index contributed by atoms with van der Waals surface area (Å²) in [6.07, 6.45) is 5.33. The molecule has 3 rings (SSSR count). The number of rotatable bonds is 5. The zero-order valence-corrected chi connectivity index (χ0v) is 14.7. The molecule has 2 aromatic rings. The quantitative estimate of drug-likeness (QED) is 0.827. The van der Waals surface area contributed by atoms with E-state index in [4.69, 9.17) is 0 Å². The van der Waals surface area contributed by atoms with Gasteiger partial charge in [0.2, 0.25) is 5.91 Å². The van der Waals surface area contributed by atoms with Crippen LogP contribution in [0.4, 0.5) is 4.39 Å². The number of aromatic nitrogens is 2. The van der Waals surface area contributed by atoms with E-state index in [2.05, 4.69) is 10.3 Å². The van der Waals surface area contributed by atoms with Crippen LogP contribution < -0.4 is 5.32 Å². The van der Waals surface area contributed by atoms with Crippen molar-refractivity contribution >= 4 is 23.6 Å². The van der Waals surface area contributed by atoms with Gasteiger partial charge in [0.05, 0.1) is 12.7 Å². The highest BCUT2D eigenvalue weighted by atomic mass is 32.2. The third-order valence-electron chi connectivity index (χ3n) is 4.09. The standard InChI is InChI=1S/C17H19FN4O2S/c1-25-17-20-10-14(22(17)13-6-4-12(18)5-7-13)16(24)19-11-15(23)21-8-2-3-9-21/h4-7,10H,2-3,8-9,11H2,1H3,(H,19,24). The van der Waals surface area contributed by atoms with Gasteiger partial charge in [-0.25, -0.2) is 9.37 Å².